The molecule has 2 heterocycles. The second kappa shape index (κ2) is 3.33. The van der Waals surface area contributed by atoms with E-state index in [-0.39, 0.29) is 11.8 Å². The summed E-state index contributed by atoms with van der Waals surface area (Å²) in [4.78, 5) is 15.1. The van der Waals surface area contributed by atoms with Crippen molar-refractivity contribution in [1.82, 2.24) is 10.3 Å². The normalized spacial score (nSPS) is 25.9. The summed E-state index contributed by atoms with van der Waals surface area (Å²) in [6.45, 7) is 2.25. The van der Waals surface area contributed by atoms with Crippen LogP contribution in [-0.2, 0) is 10.4 Å². The Hall–Kier alpha value is -0.940. The maximum absolute atomic E-state index is 11.0. The Morgan fingerprint density at radius 3 is 3.07 bits per heavy atom. The van der Waals surface area contributed by atoms with Crippen molar-refractivity contribution in [2.75, 3.05) is 6.54 Å². The summed E-state index contributed by atoms with van der Waals surface area (Å²) in [6.07, 6.45) is 2.05. The average Bonchev–Trinajstić information content (AvgIpc) is 2.72. The van der Waals surface area contributed by atoms with Gasteiger partial charge in [0.2, 0.25) is 5.91 Å². The van der Waals surface area contributed by atoms with Gasteiger partial charge in [-0.25, -0.2) is 4.98 Å². The van der Waals surface area contributed by atoms with E-state index in [2.05, 4.69) is 10.3 Å². The summed E-state index contributed by atoms with van der Waals surface area (Å²) in [5, 5.41) is 15.5. The summed E-state index contributed by atoms with van der Waals surface area (Å²) < 4.78 is 0. The third kappa shape index (κ3) is 1.53. The van der Waals surface area contributed by atoms with Gasteiger partial charge in [-0.15, -0.1) is 11.3 Å². The van der Waals surface area contributed by atoms with E-state index in [0.29, 0.717) is 18.0 Å². The van der Waals surface area contributed by atoms with Gasteiger partial charge >= 0.3 is 0 Å². The molecular formula is C9H12N2O2S. The highest BCUT2D eigenvalue weighted by Crippen LogP contribution is 2.34. The van der Waals surface area contributed by atoms with Gasteiger partial charge in [0, 0.05) is 30.5 Å². The van der Waals surface area contributed by atoms with E-state index in [0.717, 1.165) is 0 Å². The van der Waals surface area contributed by atoms with E-state index in [1.165, 1.54) is 11.3 Å². The number of hydrogen-bond donors (Lipinski definition) is 2. The first-order valence-electron chi connectivity index (χ1n) is 4.49. The molecule has 0 spiro atoms. The second-order valence-corrected chi connectivity index (χ2v) is 4.58. The highest BCUT2D eigenvalue weighted by Gasteiger charge is 2.40. The number of amides is 1. The lowest BCUT2D eigenvalue weighted by atomic mass is 9.89. The molecule has 0 unspecified atom stereocenters. The van der Waals surface area contributed by atoms with Crippen molar-refractivity contribution in [1.29, 1.82) is 0 Å². The Balaban J connectivity index is 2.20. The topological polar surface area (TPSA) is 62.2 Å². The van der Waals surface area contributed by atoms with Gasteiger partial charge in [-0.1, -0.05) is 0 Å². The number of rotatable bonds is 2. The van der Waals surface area contributed by atoms with Gasteiger partial charge in [-0.3, -0.25) is 4.79 Å². The van der Waals surface area contributed by atoms with Crippen molar-refractivity contribution >= 4 is 17.2 Å². The number of nitrogens with zero attached hydrogens (tertiary/aromatic N) is 1. The van der Waals surface area contributed by atoms with Crippen molar-refractivity contribution in [2.45, 2.75) is 18.9 Å². The van der Waals surface area contributed by atoms with Crippen LogP contribution in [0.1, 0.15) is 18.4 Å². The van der Waals surface area contributed by atoms with Crippen LogP contribution >= 0.6 is 11.3 Å². The van der Waals surface area contributed by atoms with E-state index in [9.17, 15) is 9.90 Å². The number of hydrogen-bond acceptors (Lipinski definition) is 4. The lowest BCUT2D eigenvalue weighted by molar-refractivity contribution is -0.120. The van der Waals surface area contributed by atoms with Crippen molar-refractivity contribution in [3.8, 4) is 0 Å². The number of carbonyl (C=O) groups is 1. The minimum absolute atomic E-state index is 0.00633. The Bertz CT molecular complexity index is 335. The Morgan fingerprint density at radius 1 is 1.79 bits per heavy atom. The molecule has 4 nitrogen and oxygen atoms in total. The van der Waals surface area contributed by atoms with Crippen LogP contribution in [0.2, 0.25) is 0 Å². The molecule has 1 aromatic heterocycles. The molecule has 1 aromatic rings. The van der Waals surface area contributed by atoms with Gasteiger partial charge in [0.15, 0.2) is 0 Å². The Kier molecular flexibility index (Phi) is 2.28. The van der Waals surface area contributed by atoms with Crippen LogP contribution in [0, 0.1) is 5.92 Å². The monoisotopic (exact) mass is 212 g/mol. The number of thiazole rings is 1. The summed E-state index contributed by atoms with van der Waals surface area (Å²) in [6, 6.07) is 0. The fourth-order valence-corrected chi connectivity index (χ4v) is 2.43. The summed E-state index contributed by atoms with van der Waals surface area (Å²) in [5.74, 6) is -0.0621. The first-order valence-corrected chi connectivity index (χ1v) is 5.37. The minimum atomic E-state index is -0.993. The molecule has 5 heteroatoms. The van der Waals surface area contributed by atoms with Crippen LogP contribution in [0.4, 0.5) is 0 Å². The first kappa shape index (κ1) is 9.61. The molecule has 2 atom stereocenters. The molecule has 1 fully saturated rings. The van der Waals surface area contributed by atoms with Crippen LogP contribution < -0.4 is 5.32 Å². The van der Waals surface area contributed by atoms with E-state index in [1.807, 2.05) is 5.38 Å². The largest absolute Gasteiger partial charge is 0.383 e. The molecule has 0 bridgehead atoms. The highest BCUT2D eigenvalue weighted by molar-refractivity contribution is 7.09. The van der Waals surface area contributed by atoms with Crippen LogP contribution in [0.3, 0.4) is 0 Å². The number of aliphatic hydroxyl groups is 1. The van der Waals surface area contributed by atoms with Crippen LogP contribution in [-0.4, -0.2) is 22.5 Å². The zero-order valence-electron chi connectivity index (χ0n) is 7.86. The molecule has 0 saturated carbocycles. The van der Waals surface area contributed by atoms with Crippen molar-refractivity contribution in [3.63, 3.8) is 0 Å². The van der Waals surface area contributed by atoms with Gasteiger partial charge in [0.1, 0.15) is 10.6 Å². The molecule has 0 radical (unpaired) electrons. The third-order valence-electron chi connectivity index (χ3n) is 2.64. The van der Waals surface area contributed by atoms with Gasteiger partial charge in [-0.2, -0.15) is 0 Å². The number of carbonyl (C=O) groups excluding carboxylic acids is 1. The quantitative estimate of drug-likeness (QED) is 0.750. The smallest absolute Gasteiger partial charge is 0.220 e. The van der Waals surface area contributed by atoms with Crippen molar-refractivity contribution in [2.24, 2.45) is 5.92 Å². The van der Waals surface area contributed by atoms with Gasteiger partial charge in [-0.05, 0) is 6.92 Å². The van der Waals surface area contributed by atoms with Gasteiger partial charge < -0.3 is 10.4 Å². The van der Waals surface area contributed by atoms with Crippen molar-refractivity contribution in [3.05, 3.63) is 16.6 Å². The van der Waals surface area contributed by atoms with Gasteiger partial charge in [0.25, 0.3) is 0 Å². The summed E-state index contributed by atoms with van der Waals surface area (Å²) in [7, 11) is 0. The molecule has 1 aliphatic rings. The van der Waals surface area contributed by atoms with Crippen LogP contribution in [0.15, 0.2) is 11.6 Å². The molecule has 0 aromatic carbocycles. The number of aromatic nitrogens is 1. The molecular weight excluding hydrogens is 200 g/mol. The molecule has 0 aliphatic carbocycles. The average molecular weight is 212 g/mol. The molecule has 2 N–H and O–H groups in total. The summed E-state index contributed by atoms with van der Waals surface area (Å²) >= 11 is 1.42. The highest BCUT2D eigenvalue weighted by atomic mass is 32.1. The zero-order chi connectivity index (χ0) is 10.2. The molecule has 14 heavy (non-hydrogen) atoms. The molecule has 2 rings (SSSR count). The summed E-state index contributed by atoms with van der Waals surface area (Å²) in [5.41, 5.74) is -0.993. The van der Waals surface area contributed by atoms with E-state index < -0.39 is 5.60 Å². The van der Waals surface area contributed by atoms with Crippen LogP contribution in [0.5, 0.6) is 0 Å². The van der Waals surface area contributed by atoms with Crippen molar-refractivity contribution < 1.29 is 9.90 Å². The Labute approximate surface area is 86.0 Å². The lowest BCUT2D eigenvalue weighted by Gasteiger charge is -2.26. The van der Waals surface area contributed by atoms with Gasteiger partial charge in [0.05, 0.1) is 0 Å². The number of nitrogens with one attached hydrogen (secondary N) is 1. The molecule has 1 amide bonds. The first-order chi connectivity index (χ1) is 6.60. The molecule has 76 valence electrons. The lowest BCUT2D eigenvalue weighted by Crippen LogP contribution is -2.33. The maximum Gasteiger partial charge on any atom is 0.220 e. The van der Waals surface area contributed by atoms with E-state index in [4.69, 9.17) is 0 Å². The predicted molar refractivity (Wildman–Crippen MR) is 52.8 cm³/mol. The SMILES string of the molecule is C[C@@](O)(c1nccs1)[C@H]1CNC(=O)C1. The fraction of sp³-hybridized carbons (Fsp3) is 0.556. The standard InChI is InChI=1S/C9H12N2O2S/c1-9(13,8-10-2-3-14-8)6-4-7(12)11-5-6/h2-3,6,13H,4-5H2,1H3,(H,11,12)/t6-,9+/m1/s1. The van der Waals surface area contributed by atoms with E-state index >= 15 is 0 Å². The maximum atomic E-state index is 11.0. The van der Waals surface area contributed by atoms with Crippen LogP contribution in [0.25, 0.3) is 0 Å². The van der Waals surface area contributed by atoms with E-state index in [1.54, 1.807) is 13.1 Å². The minimum Gasteiger partial charge on any atom is -0.383 e. The zero-order valence-corrected chi connectivity index (χ0v) is 8.67. The Morgan fingerprint density at radius 2 is 2.57 bits per heavy atom. The predicted octanol–water partition coefficient (Wildman–Crippen LogP) is 0.487. The molecule has 1 aliphatic heterocycles. The third-order valence-corrected chi connectivity index (χ3v) is 3.64. The second-order valence-electron chi connectivity index (χ2n) is 3.69. The molecule has 1 saturated heterocycles. The fourth-order valence-electron chi connectivity index (χ4n) is 1.65.